The second-order valence-corrected chi connectivity index (χ2v) is 4.61. The standard InChI is InChI=1S/C14H9ClFN3O/c15-10-3-1-8(2-4-10)12-13(19-20-14(12)17)9-5-11(16)7-18-6-9/h1-7H,17H2. The van der Waals surface area contributed by atoms with Gasteiger partial charge in [0.2, 0.25) is 5.88 Å². The number of aromatic nitrogens is 2. The van der Waals surface area contributed by atoms with Crippen LogP contribution in [-0.4, -0.2) is 10.1 Å². The summed E-state index contributed by atoms with van der Waals surface area (Å²) in [6.07, 6.45) is 2.62. The molecule has 2 N–H and O–H groups in total. The van der Waals surface area contributed by atoms with Crippen molar-refractivity contribution in [3.05, 3.63) is 53.6 Å². The van der Waals surface area contributed by atoms with E-state index in [-0.39, 0.29) is 5.88 Å². The van der Waals surface area contributed by atoms with Crippen LogP contribution in [0.25, 0.3) is 22.4 Å². The molecule has 100 valence electrons. The normalized spacial score (nSPS) is 10.7. The molecule has 2 aromatic heterocycles. The third-order valence-corrected chi connectivity index (χ3v) is 3.08. The van der Waals surface area contributed by atoms with E-state index in [1.807, 2.05) is 0 Å². The van der Waals surface area contributed by atoms with Crippen molar-refractivity contribution in [3.63, 3.8) is 0 Å². The smallest absolute Gasteiger partial charge is 0.230 e. The number of anilines is 1. The minimum Gasteiger partial charge on any atom is -0.367 e. The lowest BCUT2D eigenvalue weighted by atomic mass is 10.0. The van der Waals surface area contributed by atoms with Crippen molar-refractivity contribution in [1.29, 1.82) is 0 Å². The average Bonchev–Trinajstić information content (AvgIpc) is 2.82. The van der Waals surface area contributed by atoms with Crippen molar-refractivity contribution < 1.29 is 8.91 Å². The van der Waals surface area contributed by atoms with E-state index in [2.05, 4.69) is 10.1 Å². The van der Waals surface area contributed by atoms with Crippen LogP contribution >= 0.6 is 11.6 Å². The molecule has 3 aromatic rings. The number of hydrogen-bond acceptors (Lipinski definition) is 4. The maximum atomic E-state index is 13.3. The predicted octanol–water partition coefficient (Wildman–Crippen LogP) is 3.78. The Morgan fingerprint density at radius 3 is 2.55 bits per heavy atom. The molecule has 3 rings (SSSR count). The van der Waals surface area contributed by atoms with Crippen LogP contribution in [-0.2, 0) is 0 Å². The first-order valence-electron chi connectivity index (χ1n) is 5.77. The molecule has 0 fully saturated rings. The number of nitrogens with zero attached hydrogens (tertiary/aromatic N) is 2. The molecule has 0 bridgehead atoms. The van der Waals surface area contributed by atoms with Gasteiger partial charge in [-0.15, -0.1) is 0 Å². The van der Waals surface area contributed by atoms with Gasteiger partial charge < -0.3 is 10.3 Å². The highest BCUT2D eigenvalue weighted by Crippen LogP contribution is 2.36. The summed E-state index contributed by atoms with van der Waals surface area (Å²) in [5, 5.41) is 4.50. The van der Waals surface area contributed by atoms with Crippen molar-refractivity contribution in [2.45, 2.75) is 0 Å². The van der Waals surface area contributed by atoms with Crippen LogP contribution in [0.1, 0.15) is 0 Å². The van der Waals surface area contributed by atoms with Crippen LogP contribution < -0.4 is 5.73 Å². The summed E-state index contributed by atoms with van der Waals surface area (Å²) in [6, 6.07) is 8.38. The van der Waals surface area contributed by atoms with E-state index in [0.29, 0.717) is 21.8 Å². The van der Waals surface area contributed by atoms with E-state index in [1.165, 1.54) is 12.3 Å². The summed E-state index contributed by atoms with van der Waals surface area (Å²) in [5.41, 5.74) is 8.12. The molecule has 0 radical (unpaired) electrons. The van der Waals surface area contributed by atoms with Gasteiger partial charge in [0, 0.05) is 16.8 Å². The SMILES string of the molecule is Nc1onc(-c2cncc(F)c2)c1-c1ccc(Cl)cc1. The zero-order chi connectivity index (χ0) is 14.1. The molecule has 4 nitrogen and oxygen atoms in total. The molecule has 0 aliphatic rings. The Morgan fingerprint density at radius 1 is 1.10 bits per heavy atom. The molecule has 1 aromatic carbocycles. The van der Waals surface area contributed by atoms with Gasteiger partial charge in [0.1, 0.15) is 11.5 Å². The number of halogens is 2. The van der Waals surface area contributed by atoms with Gasteiger partial charge in [-0.3, -0.25) is 4.98 Å². The van der Waals surface area contributed by atoms with Crippen LogP contribution in [0.15, 0.2) is 47.2 Å². The molecule has 0 unspecified atom stereocenters. The summed E-state index contributed by atoms with van der Waals surface area (Å²) >= 11 is 5.86. The third kappa shape index (κ3) is 2.23. The van der Waals surface area contributed by atoms with Crippen molar-refractivity contribution >= 4 is 17.5 Å². The summed E-state index contributed by atoms with van der Waals surface area (Å²) in [6.45, 7) is 0. The highest BCUT2D eigenvalue weighted by Gasteiger charge is 2.18. The second-order valence-electron chi connectivity index (χ2n) is 4.17. The molecule has 0 spiro atoms. The molecule has 0 aliphatic carbocycles. The van der Waals surface area contributed by atoms with Crippen LogP contribution in [0.5, 0.6) is 0 Å². The highest BCUT2D eigenvalue weighted by molar-refractivity contribution is 6.30. The third-order valence-electron chi connectivity index (χ3n) is 2.83. The first-order chi connectivity index (χ1) is 9.65. The van der Waals surface area contributed by atoms with E-state index in [4.69, 9.17) is 21.9 Å². The lowest BCUT2D eigenvalue weighted by Gasteiger charge is -2.03. The number of rotatable bonds is 2. The molecule has 0 saturated carbocycles. The van der Waals surface area contributed by atoms with Gasteiger partial charge in [-0.25, -0.2) is 4.39 Å². The van der Waals surface area contributed by atoms with Crippen molar-refractivity contribution in [1.82, 2.24) is 10.1 Å². The number of nitrogen functional groups attached to an aromatic ring is 1. The van der Waals surface area contributed by atoms with Gasteiger partial charge in [0.05, 0.1) is 11.8 Å². The number of hydrogen-bond donors (Lipinski definition) is 1. The molecular weight excluding hydrogens is 281 g/mol. The molecule has 6 heteroatoms. The molecular formula is C14H9ClFN3O. The largest absolute Gasteiger partial charge is 0.367 e. The van der Waals surface area contributed by atoms with E-state index in [0.717, 1.165) is 11.8 Å². The van der Waals surface area contributed by atoms with Crippen LogP contribution in [0, 0.1) is 5.82 Å². The van der Waals surface area contributed by atoms with Gasteiger partial charge >= 0.3 is 0 Å². The lowest BCUT2D eigenvalue weighted by Crippen LogP contribution is -1.89. The maximum Gasteiger partial charge on any atom is 0.230 e. The molecule has 0 atom stereocenters. The first kappa shape index (κ1) is 12.6. The van der Waals surface area contributed by atoms with E-state index < -0.39 is 5.82 Å². The fourth-order valence-corrected chi connectivity index (χ4v) is 2.06. The number of pyridine rings is 1. The van der Waals surface area contributed by atoms with Crippen molar-refractivity contribution in [2.24, 2.45) is 0 Å². The lowest BCUT2D eigenvalue weighted by molar-refractivity contribution is 0.439. The van der Waals surface area contributed by atoms with Gasteiger partial charge in [0.15, 0.2) is 0 Å². The summed E-state index contributed by atoms with van der Waals surface area (Å²) < 4.78 is 18.3. The van der Waals surface area contributed by atoms with Crippen LogP contribution in [0.4, 0.5) is 10.3 Å². The van der Waals surface area contributed by atoms with Crippen molar-refractivity contribution in [2.75, 3.05) is 5.73 Å². The zero-order valence-corrected chi connectivity index (χ0v) is 10.9. The summed E-state index contributed by atoms with van der Waals surface area (Å²) in [4.78, 5) is 3.80. The Labute approximate surface area is 119 Å². The fraction of sp³-hybridized carbons (Fsp3) is 0. The second kappa shape index (κ2) is 4.94. The minimum atomic E-state index is -0.453. The summed E-state index contributed by atoms with van der Waals surface area (Å²) in [5.74, 6) is -0.294. The van der Waals surface area contributed by atoms with Gasteiger partial charge in [-0.2, -0.15) is 0 Å². The Morgan fingerprint density at radius 2 is 1.85 bits per heavy atom. The van der Waals surface area contributed by atoms with Crippen LogP contribution in [0.3, 0.4) is 0 Å². The molecule has 2 heterocycles. The first-order valence-corrected chi connectivity index (χ1v) is 6.15. The molecule has 20 heavy (non-hydrogen) atoms. The highest BCUT2D eigenvalue weighted by atomic mass is 35.5. The van der Waals surface area contributed by atoms with E-state index >= 15 is 0 Å². The Balaban J connectivity index is 2.17. The zero-order valence-electron chi connectivity index (χ0n) is 10.2. The predicted molar refractivity (Wildman–Crippen MR) is 74.6 cm³/mol. The minimum absolute atomic E-state index is 0.159. The van der Waals surface area contributed by atoms with Gasteiger partial charge in [-0.1, -0.05) is 28.9 Å². The molecule has 0 saturated heterocycles. The topological polar surface area (TPSA) is 64.9 Å². The Kier molecular flexibility index (Phi) is 3.12. The van der Waals surface area contributed by atoms with Gasteiger partial charge in [0.25, 0.3) is 0 Å². The van der Waals surface area contributed by atoms with E-state index in [9.17, 15) is 4.39 Å². The average molecular weight is 290 g/mol. The Hall–Kier alpha value is -2.40. The van der Waals surface area contributed by atoms with Gasteiger partial charge in [-0.05, 0) is 23.8 Å². The Bertz CT molecular complexity index is 755. The maximum absolute atomic E-state index is 13.3. The van der Waals surface area contributed by atoms with Crippen LogP contribution in [0.2, 0.25) is 5.02 Å². The number of nitrogens with two attached hydrogens (primary N) is 1. The summed E-state index contributed by atoms with van der Waals surface area (Å²) in [7, 11) is 0. The fourth-order valence-electron chi connectivity index (χ4n) is 1.94. The van der Waals surface area contributed by atoms with Crippen molar-refractivity contribution in [3.8, 4) is 22.4 Å². The molecule has 0 amide bonds. The number of benzene rings is 1. The quantitative estimate of drug-likeness (QED) is 0.780. The molecule has 0 aliphatic heterocycles. The van der Waals surface area contributed by atoms with E-state index in [1.54, 1.807) is 24.3 Å². The monoisotopic (exact) mass is 289 g/mol.